The highest BCUT2D eigenvalue weighted by molar-refractivity contribution is 6.09. The zero-order valence-corrected chi connectivity index (χ0v) is 55.2. The Balaban J connectivity index is 0.712. The topological polar surface area (TPSA) is 271 Å². The normalized spacial score (nSPS) is 17.5. The predicted molar refractivity (Wildman–Crippen MR) is 386 cm³/mol. The SMILES string of the molecule is O=C(O)c1c2nc(c(NC(=O)[C@@H]3CCCN3C(=O)OCC3c4ccccc4-c4ccccc43)c3ccc([nH]3)c(NC(=O)[C@@H]3CCCN3C(=O)OCC3c4ccccc4-c4ccccc43)c3nc(c(NC(=O)[C@@H]4CCCN4C(=O)OCC4c5ccccc5-c5ccccc54)c4ccc1[nH]4)C=C3)C=C2. The molecule has 6 aromatic carbocycles. The van der Waals surface area contributed by atoms with Gasteiger partial charge in [0, 0.05) is 37.4 Å². The van der Waals surface area contributed by atoms with E-state index in [0.29, 0.717) is 38.5 Å². The summed E-state index contributed by atoms with van der Waals surface area (Å²) in [5.74, 6) is -3.64. The minimum absolute atomic E-state index is 0.0127. The van der Waals surface area contributed by atoms with Crippen LogP contribution in [0.4, 0.5) is 31.4 Å². The van der Waals surface area contributed by atoms with Crippen LogP contribution in [0.2, 0.25) is 0 Å². The average Bonchev–Trinajstić information content (AvgIpc) is 1.63. The van der Waals surface area contributed by atoms with E-state index in [1.54, 1.807) is 42.5 Å². The lowest BCUT2D eigenvalue weighted by molar-refractivity contribution is -0.120. The van der Waals surface area contributed by atoms with Crippen molar-refractivity contribution in [2.75, 3.05) is 55.4 Å². The van der Waals surface area contributed by atoms with E-state index in [9.17, 15) is 24.3 Å². The van der Waals surface area contributed by atoms with E-state index in [1.165, 1.54) is 20.8 Å². The van der Waals surface area contributed by atoms with Crippen molar-refractivity contribution in [1.82, 2.24) is 34.6 Å². The van der Waals surface area contributed by atoms with Gasteiger partial charge < -0.3 is 45.2 Å². The number of carbonyl (C=O) groups is 7. The average molecular weight is 1360 g/mol. The van der Waals surface area contributed by atoms with Crippen molar-refractivity contribution in [2.45, 2.75) is 74.4 Å². The highest BCUT2D eigenvalue weighted by atomic mass is 16.6. The molecule has 508 valence electrons. The van der Waals surface area contributed by atoms with Gasteiger partial charge in [0.15, 0.2) is 0 Å². The Hall–Kier alpha value is -12.4. The Labute approximate surface area is 584 Å². The number of nitrogens with zero attached hydrogens (tertiary/aromatic N) is 5. The van der Waals surface area contributed by atoms with E-state index in [1.807, 2.05) is 109 Å². The Morgan fingerprint density at radius 3 is 0.941 bits per heavy atom. The molecule has 3 fully saturated rings. The molecule has 17 rings (SSSR count). The third-order valence-corrected chi connectivity index (χ3v) is 21.1. The molecule has 6 N–H and O–H groups in total. The Morgan fingerprint density at radius 2 is 0.637 bits per heavy atom. The molecular formula is C81H68N10O11. The van der Waals surface area contributed by atoms with Crippen molar-refractivity contribution in [2.24, 2.45) is 0 Å². The van der Waals surface area contributed by atoms with Crippen molar-refractivity contribution in [3.8, 4) is 33.4 Å². The third-order valence-electron chi connectivity index (χ3n) is 21.1. The number of carbonyl (C=O) groups excluding carboxylic acids is 6. The zero-order chi connectivity index (χ0) is 69.3. The smallest absolute Gasteiger partial charge is 0.410 e. The first-order valence-electron chi connectivity index (χ1n) is 34.6. The van der Waals surface area contributed by atoms with Crippen LogP contribution >= 0.6 is 0 Å². The number of benzene rings is 6. The second kappa shape index (κ2) is 26.0. The molecule has 21 heteroatoms. The van der Waals surface area contributed by atoms with Crippen LogP contribution in [0, 0.1) is 0 Å². The van der Waals surface area contributed by atoms with Crippen molar-refractivity contribution in [3.63, 3.8) is 0 Å². The van der Waals surface area contributed by atoms with Gasteiger partial charge in [0.05, 0.1) is 61.9 Å². The van der Waals surface area contributed by atoms with Crippen molar-refractivity contribution in [3.05, 3.63) is 232 Å². The number of aromatic nitrogens is 4. The first-order chi connectivity index (χ1) is 49.9. The number of ether oxygens (including phenoxy) is 3. The van der Waals surface area contributed by atoms with Gasteiger partial charge in [-0.1, -0.05) is 146 Å². The largest absolute Gasteiger partial charge is 0.478 e. The number of nitrogens with one attached hydrogen (secondary N) is 5. The summed E-state index contributed by atoms with van der Waals surface area (Å²) in [5, 5.41) is 20.4. The fourth-order valence-electron chi connectivity index (χ4n) is 16.2. The minimum atomic E-state index is -1.34. The second-order valence-electron chi connectivity index (χ2n) is 26.7. The molecular weight excluding hydrogens is 1290 g/mol. The van der Waals surface area contributed by atoms with Crippen molar-refractivity contribution in [1.29, 1.82) is 0 Å². The molecule has 9 aromatic rings. The molecule has 8 bridgehead atoms. The molecule has 3 saturated heterocycles. The van der Waals surface area contributed by atoms with Gasteiger partial charge in [0.1, 0.15) is 43.5 Å². The third kappa shape index (κ3) is 11.2. The van der Waals surface area contributed by atoms with Crippen molar-refractivity contribution >= 4 is 105 Å². The first kappa shape index (κ1) is 63.1. The van der Waals surface area contributed by atoms with E-state index in [-0.39, 0.29) is 125 Å². The number of H-pyrrole nitrogens is 2. The fourth-order valence-corrected chi connectivity index (χ4v) is 16.2. The molecule has 3 atom stereocenters. The number of rotatable bonds is 13. The summed E-state index contributed by atoms with van der Waals surface area (Å²) in [4.78, 5) is 123. The van der Waals surface area contributed by atoms with E-state index in [0.717, 1.165) is 66.8 Å². The number of hydrogen-bond acceptors (Lipinski definition) is 12. The molecule has 8 heterocycles. The number of likely N-dealkylation sites (tertiary alicyclic amines) is 3. The number of carboxylic acid groups (broad SMARTS) is 1. The number of aromatic carboxylic acids is 1. The van der Waals surface area contributed by atoms with Crippen molar-refractivity contribution < 1.29 is 52.9 Å². The molecule has 102 heavy (non-hydrogen) atoms. The molecule has 3 aliphatic carbocycles. The maximum Gasteiger partial charge on any atom is 0.410 e. The van der Waals surface area contributed by atoms with Crippen LogP contribution in [-0.4, -0.2) is 139 Å². The summed E-state index contributed by atoms with van der Waals surface area (Å²) in [6.45, 7) is 0.894. The number of aromatic amines is 2. The predicted octanol–water partition coefficient (Wildman–Crippen LogP) is 14.4. The first-order valence-corrected chi connectivity index (χ1v) is 34.6. The molecule has 8 aliphatic rings. The van der Waals surface area contributed by atoms with Gasteiger partial charge in [0.25, 0.3) is 0 Å². The van der Waals surface area contributed by atoms with Crippen LogP contribution in [-0.2, 0) is 28.6 Å². The Kier molecular flexibility index (Phi) is 16.1. The van der Waals surface area contributed by atoms with Gasteiger partial charge in [-0.05, 0) is 154 Å². The quantitative estimate of drug-likeness (QED) is 0.0587. The summed E-state index contributed by atoms with van der Waals surface area (Å²) in [6.07, 6.45) is 6.90. The lowest BCUT2D eigenvalue weighted by Gasteiger charge is -2.25. The van der Waals surface area contributed by atoms with Crippen LogP contribution in [0.1, 0.15) is 123 Å². The molecule has 21 nitrogen and oxygen atoms in total. The summed E-state index contributed by atoms with van der Waals surface area (Å²) in [6, 6.07) is 51.8. The van der Waals surface area contributed by atoms with Crippen LogP contribution in [0.3, 0.4) is 0 Å². The fraction of sp³-hybridized carbons (Fsp3) is 0.222. The van der Waals surface area contributed by atoms with Gasteiger partial charge in [-0.15, -0.1) is 0 Å². The van der Waals surface area contributed by atoms with Gasteiger partial charge in [-0.3, -0.25) is 29.1 Å². The number of anilines is 3. The highest BCUT2D eigenvalue weighted by Crippen LogP contribution is 2.48. The molecule has 0 saturated carbocycles. The molecule has 6 amide bonds. The zero-order valence-electron chi connectivity index (χ0n) is 55.2. The van der Waals surface area contributed by atoms with Crippen LogP contribution in [0.15, 0.2) is 170 Å². The maximum absolute atomic E-state index is 15.2. The van der Waals surface area contributed by atoms with E-state index in [2.05, 4.69) is 62.3 Å². The number of amides is 6. The summed E-state index contributed by atoms with van der Waals surface area (Å²) in [7, 11) is 0. The molecule has 5 aliphatic heterocycles. The van der Waals surface area contributed by atoms with E-state index >= 15 is 14.4 Å². The van der Waals surface area contributed by atoms with Crippen LogP contribution in [0.25, 0.3) is 79.8 Å². The van der Waals surface area contributed by atoms with Gasteiger partial charge >= 0.3 is 24.2 Å². The summed E-state index contributed by atoms with van der Waals surface area (Å²) >= 11 is 0. The number of hydrogen-bond donors (Lipinski definition) is 6. The monoisotopic (exact) mass is 1360 g/mol. The Morgan fingerprint density at radius 1 is 0.373 bits per heavy atom. The minimum Gasteiger partial charge on any atom is -0.478 e. The Bertz CT molecular complexity index is 4990. The molecule has 3 aromatic heterocycles. The molecule has 0 spiro atoms. The molecule has 0 unspecified atom stereocenters. The lowest BCUT2D eigenvalue weighted by atomic mass is 9.98. The van der Waals surface area contributed by atoms with Crippen LogP contribution < -0.4 is 16.0 Å². The number of fused-ring (bicyclic) bond motifs is 17. The standard InChI is InChI=1S/C81H68N10O11/c92-75(68-28-13-39-89(68)79(97)100-42-57-51-22-7-1-16-45(51)46-17-2-8-23-52(46)57)86-72-62-33-31-60(82-62)71(78(95)96)61-32-34-63(83-61)73(87-76(93)69-29-14-40-90(69)80(98)101-43-58-53-24-9-3-18-47(53)48-19-4-10-25-54(48)58)65-36-38-67(85-65)74(66-37-35-64(72)84-66)88-77(94)70-30-15-41-91(70)81(99)102-44-59-55-26-11-5-20-49(55)50-21-6-12-27-56(50)59/h1-12,16-27,31-38,57-59,68-70,82,85H,13-15,28-30,39-44H2,(H,86,92)(H,87,93)(H,88,94)(H,95,96)/t68-,69-,70-/m0/s1. The summed E-state index contributed by atoms with van der Waals surface area (Å²) in [5.41, 5.74) is 14.3. The van der Waals surface area contributed by atoms with Gasteiger partial charge in [-0.2, -0.15) is 0 Å². The van der Waals surface area contributed by atoms with Gasteiger partial charge in [-0.25, -0.2) is 29.1 Å². The lowest BCUT2D eigenvalue weighted by Crippen LogP contribution is -2.43. The van der Waals surface area contributed by atoms with Gasteiger partial charge in [0.2, 0.25) is 17.7 Å². The van der Waals surface area contributed by atoms with Crippen LogP contribution in [0.5, 0.6) is 0 Å². The highest BCUT2D eigenvalue weighted by Gasteiger charge is 2.41. The second-order valence-corrected chi connectivity index (χ2v) is 26.7. The summed E-state index contributed by atoms with van der Waals surface area (Å²) < 4.78 is 18.3. The maximum atomic E-state index is 15.2. The van der Waals surface area contributed by atoms with E-state index < -0.39 is 60.1 Å². The molecule has 0 radical (unpaired) electrons. The number of carboxylic acids is 1. The van der Waals surface area contributed by atoms with E-state index in [4.69, 9.17) is 24.2 Å².